The highest BCUT2D eigenvalue weighted by Gasteiger charge is 2.52. The van der Waals surface area contributed by atoms with Crippen LogP contribution in [0.25, 0.3) is 0 Å². The lowest BCUT2D eigenvalue weighted by Gasteiger charge is -2.55. The number of nitrogens with zero attached hydrogens (tertiary/aromatic N) is 2. The molecule has 2 heterocycles. The zero-order valence-electron chi connectivity index (χ0n) is 15.8. The van der Waals surface area contributed by atoms with Crippen molar-refractivity contribution in [2.45, 2.75) is 31.5 Å². The van der Waals surface area contributed by atoms with Crippen LogP contribution in [0.1, 0.15) is 23.1 Å². The molecule has 2 aliphatic rings. The van der Waals surface area contributed by atoms with Gasteiger partial charge in [0.25, 0.3) is 0 Å². The standard InChI is InChI=1S/C22H25ClN2O2/c1-16-8-9-17(12-19(16)23)13-25-11-10-22(18-6-4-3-5-7-18)20(14-25)27-15-21(26)24(22)2/h3-9,12,20H,10-11,13-15H2,1-2H3/t20-,22+/m1/s1. The van der Waals surface area contributed by atoms with Gasteiger partial charge in [-0.15, -0.1) is 0 Å². The zero-order chi connectivity index (χ0) is 19.0. The molecule has 2 aromatic rings. The van der Waals surface area contributed by atoms with Crippen molar-refractivity contribution in [1.82, 2.24) is 9.80 Å². The van der Waals surface area contributed by atoms with Crippen LogP contribution < -0.4 is 0 Å². The molecule has 0 bridgehead atoms. The lowest BCUT2D eigenvalue weighted by molar-refractivity contribution is -0.183. The van der Waals surface area contributed by atoms with Crippen LogP contribution in [-0.2, 0) is 21.6 Å². The predicted molar refractivity (Wildman–Crippen MR) is 107 cm³/mol. The van der Waals surface area contributed by atoms with E-state index in [1.165, 1.54) is 5.56 Å². The summed E-state index contributed by atoms with van der Waals surface area (Å²) < 4.78 is 6.07. The second-order valence-corrected chi connectivity index (χ2v) is 8.02. The second-order valence-electron chi connectivity index (χ2n) is 7.61. The van der Waals surface area contributed by atoms with E-state index >= 15 is 0 Å². The first-order valence-corrected chi connectivity index (χ1v) is 9.79. The maximum atomic E-state index is 12.4. The van der Waals surface area contributed by atoms with Gasteiger partial charge in [-0.2, -0.15) is 0 Å². The van der Waals surface area contributed by atoms with Crippen molar-refractivity contribution < 1.29 is 9.53 Å². The van der Waals surface area contributed by atoms with Gasteiger partial charge in [0.1, 0.15) is 6.61 Å². The van der Waals surface area contributed by atoms with Gasteiger partial charge in [-0.1, -0.05) is 54.1 Å². The van der Waals surface area contributed by atoms with Gasteiger partial charge in [0, 0.05) is 31.7 Å². The van der Waals surface area contributed by atoms with E-state index in [1.54, 1.807) is 0 Å². The third-order valence-corrected chi connectivity index (χ3v) is 6.47. The summed E-state index contributed by atoms with van der Waals surface area (Å²) in [4.78, 5) is 16.8. The molecule has 0 saturated carbocycles. The number of morpholine rings is 1. The predicted octanol–water partition coefficient (Wildman–Crippen LogP) is 3.61. The Balaban J connectivity index is 1.59. The Morgan fingerprint density at radius 2 is 2.00 bits per heavy atom. The molecule has 0 spiro atoms. The average Bonchev–Trinajstić information content (AvgIpc) is 2.69. The fraction of sp³-hybridized carbons (Fsp3) is 0.409. The van der Waals surface area contributed by atoms with Gasteiger partial charge in [0.05, 0.1) is 11.6 Å². The molecule has 2 aliphatic heterocycles. The van der Waals surface area contributed by atoms with Crippen molar-refractivity contribution in [3.8, 4) is 0 Å². The first-order valence-electron chi connectivity index (χ1n) is 9.42. The molecule has 0 aliphatic carbocycles. The summed E-state index contributed by atoms with van der Waals surface area (Å²) in [6.45, 7) is 4.70. The smallest absolute Gasteiger partial charge is 0.249 e. The van der Waals surface area contributed by atoms with Crippen LogP contribution in [0.3, 0.4) is 0 Å². The number of carbonyl (C=O) groups is 1. The van der Waals surface area contributed by atoms with Crippen molar-refractivity contribution in [2.75, 3.05) is 26.7 Å². The molecule has 27 heavy (non-hydrogen) atoms. The number of fused-ring (bicyclic) bond motifs is 1. The van der Waals surface area contributed by atoms with E-state index in [1.807, 2.05) is 43.1 Å². The molecule has 142 valence electrons. The minimum atomic E-state index is -0.391. The summed E-state index contributed by atoms with van der Waals surface area (Å²) >= 11 is 6.29. The number of benzene rings is 2. The van der Waals surface area contributed by atoms with Gasteiger partial charge in [0.15, 0.2) is 0 Å². The van der Waals surface area contributed by atoms with E-state index in [0.717, 1.165) is 42.2 Å². The lowest BCUT2D eigenvalue weighted by Crippen LogP contribution is -2.66. The summed E-state index contributed by atoms with van der Waals surface area (Å²) in [7, 11) is 1.92. The molecule has 0 radical (unpaired) electrons. The van der Waals surface area contributed by atoms with Crippen molar-refractivity contribution in [1.29, 1.82) is 0 Å². The van der Waals surface area contributed by atoms with Gasteiger partial charge < -0.3 is 9.64 Å². The average molecular weight is 385 g/mol. The molecule has 2 aromatic carbocycles. The summed E-state index contributed by atoms with van der Waals surface area (Å²) in [5.41, 5.74) is 3.07. The second kappa shape index (κ2) is 7.27. The van der Waals surface area contributed by atoms with E-state index in [0.29, 0.717) is 0 Å². The van der Waals surface area contributed by atoms with Crippen molar-refractivity contribution in [2.24, 2.45) is 0 Å². The van der Waals surface area contributed by atoms with Gasteiger partial charge in [-0.25, -0.2) is 0 Å². The monoisotopic (exact) mass is 384 g/mol. The van der Waals surface area contributed by atoms with E-state index < -0.39 is 5.54 Å². The van der Waals surface area contributed by atoms with Crippen molar-refractivity contribution >= 4 is 17.5 Å². The van der Waals surface area contributed by atoms with Crippen LogP contribution in [0.4, 0.5) is 0 Å². The SMILES string of the molecule is Cc1ccc(CN2CC[C@]3(c4ccccc4)[C@@H](C2)OCC(=O)N3C)cc1Cl. The van der Waals surface area contributed by atoms with Crippen LogP contribution in [0.5, 0.6) is 0 Å². The number of ether oxygens (including phenoxy) is 1. The number of piperidine rings is 1. The number of hydrogen-bond acceptors (Lipinski definition) is 3. The Labute approximate surface area is 165 Å². The molecule has 4 nitrogen and oxygen atoms in total. The van der Waals surface area contributed by atoms with Crippen LogP contribution >= 0.6 is 11.6 Å². The Bertz CT molecular complexity index is 841. The Morgan fingerprint density at radius 3 is 2.74 bits per heavy atom. The van der Waals surface area contributed by atoms with Crippen molar-refractivity contribution in [3.05, 3.63) is 70.2 Å². The maximum absolute atomic E-state index is 12.4. The highest BCUT2D eigenvalue weighted by atomic mass is 35.5. The van der Waals surface area contributed by atoms with E-state index in [-0.39, 0.29) is 18.6 Å². The molecule has 2 fully saturated rings. The largest absolute Gasteiger partial charge is 0.364 e. The quantitative estimate of drug-likeness (QED) is 0.810. The lowest BCUT2D eigenvalue weighted by atomic mass is 9.76. The van der Waals surface area contributed by atoms with Crippen LogP contribution in [0, 0.1) is 6.92 Å². The minimum Gasteiger partial charge on any atom is -0.364 e. The number of amides is 1. The van der Waals surface area contributed by atoms with E-state index in [9.17, 15) is 4.79 Å². The van der Waals surface area contributed by atoms with Crippen LogP contribution in [0.15, 0.2) is 48.5 Å². The topological polar surface area (TPSA) is 32.8 Å². The molecule has 2 atom stereocenters. The highest BCUT2D eigenvalue weighted by molar-refractivity contribution is 6.31. The molecule has 5 heteroatoms. The Kier molecular flexibility index (Phi) is 4.97. The van der Waals surface area contributed by atoms with Crippen molar-refractivity contribution in [3.63, 3.8) is 0 Å². The molecule has 2 saturated heterocycles. The molecular formula is C22H25ClN2O2. The fourth-order valence-electron chi connectivity index (χ4n) is 4.42. The molecule has 1 amide bonds. The Hall–Kier alpha value is -1.88. The molecule has 0 aromatic heterocycles. The van der Waals surface area contributed by atoms with Gasteiger partial charge in [-0.05, 0) is 36.1 Å². The molecular weight excluding hydrogens is 360 g/mol. The Morgan fingerprint density at radius 1 is 1.22 bits per heavy atom. The van der Waals surface area contributed by atoms with E-state index in [2.05, 4.69) is 29.2 Å². The molecule has 0 unspecified atom stereocenters. The third-order valence-electron chi connectivity index (χ3n) is 6.06. The molecule has 0 N–H and O–H groups in total. The van der Waals surface area contributed by atoms with Gasteiger partial charge >= 0.3 is 0 Å². The van der Waals surface area contributed by atoms with Crippen LogP contribution in [-0.4, -0.2) is 48.6 Å². The number of carbonyl (C=O) groups excluding carboxylic acids is 1. The zero-order valence-corrected chi connectivity index (χ0v) is 16.6. The fourth-order valence-corrected chi connectivity index (χ4v) is 4.62. The first kappa shape index (κ1) is 18.5. The normalized spacial score (nSPS) is 26.1. The van der Waals surface area contributed by atoms with Gasteiger partial charge in [0.2, 0.25) is 5.91 Å². The number of likely N-dealkylation sites (tertiary alicyclic amines) is 1. The first-order chi connectivity index (χ1) is 13.0. The third kappa shape index (κ3) is 3.27. The summed E-state index contributed by atoms with van der Waals surface area (Å²) in [5.74, 6) is 0.0499. The summed E-state index contributed by atoms with van der Waals surface area (Å²) in [6.07, 6.45) is 0.807. The highest BCUT2D eigenvalue weighted by Crippen LogP contribution is 2.42. The summed E-state index contributed by atoms with van der Waals surface area (Å²) in [5, 5.41) is 0.808. The number of rotatable bonds is 3. The minimum absolute atomic E-state index is 0.0442. The van der Waals surface area contributed by atoms with Gasteiger partial charge in [-0.3, -0.25) is 9.69 Å². The van der Waals surface area contributed by atoms with E-state index in [4.69, 9.17) is 16.3 Å². The van der Waals surface area contributed by atoms with Crippen LogP contribution in [0.2, 0.25) is 5.02 Å². The molecule has 4 rings (SSSR count). The maximum Gasteiger partial charge on any atom is 0.249 e. The summed E-state index contributed by atoms with van der Waals surface area (Å²) in [6, 6.07) is 16.6. The number of hydrogen-bond donors (Lipinski definition) is 0. The number of aryl methyl sites for hydroxylation is 1. The number of likely N-dealkylation sites (N-methyl/N-ethyl adjacent to an activating group) is 1. The number of halogens is 1.